The molecule has 0 fully saturated rings. The molecule has 1 aromatic heterocycles. The molecule has 0 aliphatic heterocycles. The Morgan fingerprint density at radius 2 is 2.05 bits per heavy atom. The SMILES string of the molecule is CC(C)n1ncc(Cl)c1C(O)Cc1ccccc1F. The van der Waals surface area contributed by atoms with Crippen molar-refractivity contribution < 1.29 is 9.50 Å². The van der Waals surface area contributed by atoms with Gasteiger partial charge in [-0.25, -0.2) is 4.39 Å². The molecule has 0 radical (unpaired) electrons. The van der Waals surface area contributed by atoms with Crippen molar-refractivity contribution in [2.75, 3.05) is 0 Å². The highest BCUT2D eigenvalue weighted by Crippen LogP contribution is 2.28. The van der Waals surface area contributed by atoms with E-state index in [1.807, 2.05) is 13.8 Å². The molecule has 1 unspecified atom stereocenters. The van der Waals surface area contributed by atoms with E-state index in [4.69, 9.17) is 11.6 Å². The van der Waals surface area contributed by atoms with E-state index in [1.165, 1.54) is 12.3 Å². The summed E-state index contributed by atoms with van der Waals surface area (Å²) < 4.78 is 15.2. The Kier molecular flexibility index (Phi) is 4.22. The van der Waals surface area contributed by atoms with Crippen molar-refractivity contribution in [2.45, 2.75) is 32.4 Å². The molecule has 0 aliphatic carbocycles. The third-order valence-corrected chi connectivity index (χ3v) is 3.25. The average molecular weight is 283 g/mol. The topological polar surface area (TPSA) is 38.0 Å². The highest BCUT2D eigenvalue weighted by atomic mass is 35.5. The fourth-order valence-corrected chi connectivity index (χ4v) is 2.30. The summed E-state index contributed by atoms with van der Waals surface area (Å²) in [6.45, 7) is 3.89. The largest absolute Gasteiger partial charge is 0.386 e. The Bertz CT molecular complexity index is 568. The van der Waals surface area contributed by atoms with Crippen LogP contribution in [0.15, 0.2) is 30.5 Å². The van der Waals surface area contributed by atoms with Gasteiger partial charge in [0, 0.05) is 12.5 Å². The van der Waals surface area contributed by atoms with Crippen molar-refractivity contribution in [3.63, 3.8) is 0 Å². The first kappa shape index (κ1) is 14.0. The van der Waals surface area contributed by atoms with Gasteiger partial charge in [0.05, 0.1) is 16.9 Å². The molecule has 2 rings (SSSR count). The Morgan fingerprint density at radius 3 is 2.68 bits per heavy atom. The van der Waals surface area contributed by atoms with Gasteiger partial charge in [0.2, 0.25) is 0 Å². The van der Waals surface area contributed by atoms with Crippen LogP contribution in [0.3, 0.4) is 0 Å². The van der Waals surface area contributed by atoms with Gasteiger partial charge in [0.15, 0.2) is 0 Å². The van der Waals surface area contributed by atoms with E-state index in [0.29, 0.717) is 16.3 Å². The predicted octanol–water partition coefficient (Wildman–Crippen LogP) is 3.53. The van der Waals surface area contributed by atoms with Gasteiger partial charge in [0.25, 0.3) is 0 Å². The normalized spacial score (nSPS) is 12.9. The smallest absolute Gasteiger partial charge is 0.126 e. The second-order valence-electron chi connectivity index (χ2n) is 4.73. The molecule has 19 heavy (non-hydrogen) atoms. The molecule has 0 amide bonds. The number of benzene rings is 1. The van der Waals surface area contributed by atoms with E-state index in [-0.39, 0.29) is 18.3 Å². The second kappa shape index (κ2) is 5.72. The molecule has 5 heteroatoms. The quantitative estimate of drug-likeness (QED) is 0.931. The molecule has 2 aromatic rings. The lowest BCUT2D eigenvalue weighted by Gasteiger charge is -2.16. The number of nitrogens with zero attached hydrogens (tertiary/aromatic N) is 2. The lowest BCUT2D eigenvalue weighted by Crippen LogP contribution is -2.13. The zero-order chi connectivity index (χ0) is 14.0. The van der Waals surface area contributed by atoms with Crippen LogP contribution < -0.4 is 0 Å². The standard InChI is InChI=1S/C14H16ClFN2O/c1-9(2)18-14(11(15)8-17-18)13(19)7-10-5-3-4-6-12(10)16/h3-6,8-9,13,19H,7H2,1-2H3. The highest BCUT2D eigenvalue weighted by molar-refractivity contribution is 6.31. The van der Waals surface area contributed by atoms with Crippen LogP contribution in [-0.2, 0) is 6.42 Å². The van der Waals surface area contributed by atoms with Gasteiger partial charge in [-0.3, -0.25) is 4.68 Å². The Morgan fingerprint density at radius 1 is 1.37 bits per heavy atom. The Hall–Kier alpha value is -1.39. The monoisotopic (exact) mass is 282 g/mol. The first-order chi connectivity index (χ1) is 9.00. The van der Waals surface area contributed by atoms with E-state index in [2.05, 4.69) is 5.10 Å². The molecule has 0 bridgehead atoms. The van der Waals surface area contributed by atoms with Crippen LogP contribution in [0.1, 0.15) is 37.3 Å². The van der Waals surface area contributed by atoms with E-state index in [9.17, 15) is 9.50 Å². The molecular weight excluding hydrogens is 267 g/mol. The first-order valence-electron chi connectivity index (χ1n) is 6.15. The molecule has 0 saturated heterocycles. The van der Waals surface area contributed by atoms with E-state index in [0.717, 1.165) is 0 Å². The maximum Gasteiger partial charge on any atom is 0.126 e. The number of aliphatic hydroxyl groups excluding tert-OH is 1. The van der Waals surface area contributed by atoms with Crippen LogP contribution in [0.2, 0.25) is 5.02 Å². The maximum absolute atomic E-state index is 13.6. The van der Waals surface area contributed by atoms with Gasteiger partial charge < -0.3 is 5.11 Å². The van der Waals surface area contributed by atoms with Gasteiger partial charge in [-0.15, -0.1) is 0 Å². The zero-order valence-electron chi connectivity index (χ0n) is 10.8. The van der Waals surface area contributed by atoms with Crippen molar-refractivity contribution in [3.05, 3.63) is 52.6 Å². The molecule has 0 saturated carbocycles. The summed E-state index contributed by atoms with van der Waals surface area (Å²) in [5.41, 5.74) is 0.988. The average Bonchev–Trinajstić information content (AvgIpc) is 2.74. The summed E-state index contributed by atoms with van der Waals surface area (Å²) >= 11 is 6.05. The minimum Gasteiger partial charge on any atom is -0.386 e. The molecule has 1 heterocycles. The zero-order valence-corrected chi connectivity index (χ0v) is 11.6. The number of halogens is 2. The van der Waals surface area contributed by atoms with E-state index >= 15 is 0 Å². The van der Waals surface area contributed by atoms with Crippen LogP contribution in [-0.4, -0.2) is 14.9 Å². The highest BCUT2D eigenvalue weighted by Gasteiger charge is 2.21. The van der Waals surface area contributed by atoms with Crippen molar-refractivity contribution in [1.29, 1.82) is 0 Å². The number of aliphatic hydroxyl groups is 1. The van der Waals surface area contributed by atoms with E-state index in [1.54, 1.807) is 22.9 Å². The number of hydrogen-bond donors (Lipinski definition) is 1. The minimum absolute atomic E-state index is 0.0813. The Labute approximate surface area is 116 Å². The molecule has 0 aliphatic rings. The summed E-state index contributed by atoms with van der Waals surface area (Å²) in [4.78, 5) is 0. The minimum atomic E-state index is -0.880. The lowest BCUT2D eigenvalue weighted by atomic mass is 10.0. The number of rotatable bonds is 4. The van der Waals surface area contributed by atoms with Crippen LogP contribution in [0.5, 0.6) is 0 Å². The summed E-state index contributed by atoms with van der Waals surface area (Å²) in [5, 5.41) is 14.8. The summed E-state index contributed by atoms with van der Waals surface area (Å²) in [7, 11) is 0. The molecule has 1 N–H and O–H groups in total. The van der Waals surface area contributed by atoms with Gasteiger partial charge in [-0.2, -0.15) is 5.10 Å². The number of hydrogen-bond acceptors (Lipinski definition) is 2. The van der Waals surface area contributed by atoms with Crippen molar-refractivity contribution in [2.24, 2.45) is 0 Å². The summed E-state index contributed by atoms with van der Waals surface area (Å²) in [6.07, 6.45) is 0.793. The first-order valence-corrected chi connectivity index (χ1v) is 6.53. The number of aromatic nitrogens is 2. The van der Waals surface area contributed by atoms with Crippen LogP contribution in [0, 0.1) is 5.82 Å². The molecule has 3 nitrogen and oxygen atoms in total. The fraction of sp³-hybridized carbons (Fsp3) is 0.357. The molecule has 1 aromatic carbocycles. The van der Waals surface area contributed by atoms with Gasteiger partial charge >= 0.3 is 0 Å². The fourth-order valence-electron chi connectivity index (χ4n) is 2.04. The third-order valence-electron chi connectivity index (χ3n) is 2.96. The second-order valence-corrected chi connectivity index (χ2v) is 5.13. The summed E-state index contributed by atoms with van der Waals surface area (Å²) in [5.74, 6) is -0.326. The van der Waals surface area contributed by atoms with Crippen LogP contribution in [0.4, 0.5) is 4.39 Å². The van der Waals surface area contributed by atoms with Gasteiger partial charge in [-0.05, 0) is 25.5 Å². The Balaban J connectivity index is 2.28. The molecule has 0 spiro atoms. The van der Waals surface area contributed by atoms with Gasteiger partial charge in [-0.1, -0.05) is 29.8 Å². The summed E-state index contributed by atoms with van der Waals surface area (Å²) in [6, 6.07) is 6.48. The van der Waals surface area contributed by atoms with Crippen molar-refractivity contribution in [1.82, 2.24) is 9.78 Å². The molecular formula is C14H16ClFN2O. The van der Waals surface area contributed by atoms with Crippen molar-refractivity contribution >= 4 is 11.6 Å². The molecule has 102 valence electrons. The lowest BCUT2D eigenvalue weighted by molar-refractivity contribution is 0.163. The van der Waals surface area contributed by atoms with Crippen molar-refractivity contribution in [3.8, 4) is 0 Å². The van der Waals surface area contributed by atoms with E-state index < -0.39 is 6.10 Å². The maximum atomic E-state index is 13.6. The molecule has 1 atom stereocenters. The predicted molar refractivity (Wildman–Crippen MR) is 72.7 cm³/mol. The third kappa shape index (κ3) is 2.96. The van der Waals surface area contributed by atoms with Crippen LogP contribution >= 0.6 is 11.6 Å². The van der Waals surface area contributed by atoms with Crippen LogP contribution in [0.25, 0.3) is 0 Å². The van der Waals surface area contributed by atoms with Gasteiger partial charge in [0.1, 0.15) is 11.9 Å².